The molecule has 5 heteroatoms. The first kappa shape index (κ1) is 15.3. The van der Waals surface area contributed by atoms with Crippen molar-refractivity contribution in [3.8, 4) is 0 Å². The summed E-state index contributed by atoms with van der Waals surface area (Å²) in [5.74, 6) is -0.188. The number of hydrogen-bond donors (Lipinski definition) is 2. The van der Waals surface area contributed by atoms with Gasteiger partial charge in [0.05, 0.1) is 5.41 Å². The van der Waals surface area contributed by atoms with Crippen molar-refractivity contribution in [2.45, 2.75) is 51.4 Å². The van der Waals surface area contributed by atoms with Gasteiger partial charge in [0.2, 0.25) is 5.91 Å². The minimum absolute atomic E-state index is 0.203. The molecule has 1 unspecified atom stereocenters. The zero-order valence-corrected chi connectivity index (χ0v) is 12.1. The van der Waals surface area contributed by atoms with Gasteiger partial charge in [-0.1, -0.05) is 19.3 Å². The van der Waals surface area contributed by atoms with E-state index in [-0.39, 0.29) is 17.7 Å². The molecule has 3 N–H and O–H groups in total. The predicted molar refractivity (Wildman–Crippen MR) is 76.1 cm³/mol. The molecule has 1 atom stereocenters. The van der Waals surface area contributed by atoms with E-state index in [1.54, 1.807) is 0 Å². The highest BCUT2D eigenvalue weighted by molar-refractivity contribution is 5.83. The fraction of sp³-hybridized carbons (Fsp3) is 0.867. The molecular weight excluding hydrogens is 256 g/mol. The van der Waals surface area contributed by atoms with Crippen LogP contribution in [0.1, 0.15) is 51.4 Å². The molecule has 0 aromatic heterocycles. The van der Waals surface area contributed by atoms with Gasteiger partial charge in [-0.25, -0.2) is 0 Å². The molecule has 0 bridgehead atoms. The van der Waals surface area contributed by atoms with Crippen molar-refractivity contribution < 1.29 is 14.7 Å². The van der Waals surface area contributed by atoms with Crippen LogP contribution in [0.3, 0.4) is 0 Å². The standard InChI is InChI=1S/C15H26N2O3/c16-11-15(7-2-1-3-8-15)14(20)17-9-6-12(10-17)4-5-13(18)19/h12H,1-11,16H2,(H,18,19). The summed E-state index contributed by atoms with van der Waals surface area (Å²) in [6, 6.07) is 0. The quantitative estimate of drug-likeness (QED) is 0.802. The van der Waals surface area contributed by atoms with Crippen molar-refractivity contribution in [1.82, 2.24) is 4.90 Å². The second-order valence-electron chi connectivity index (χ2n) is 6.38. The number of amides is 1. The third-order valence-electron chi connectivity index (χ3n) is 4.99. The van der Waals surface area contributed by atoms with Crippen LogP contribution in [0.15, 0.2) is 0 Å². The highest BCUT2D eigenvalue weighted by atomic mass is 16.4. The first-order valence-electron chi connectivity index (χ1n) is 7.79. The lowest BCUT2D eigenvalue weighted by Crippen LogP contribution is -2.48. The molecule has 2 rings (SSSR count). The fourth-order valence-corrected chi connectivity index (χ4v) is 3.65. The van der Waals surface area contributed by atoms with E-state index in [4.69, 9.17) is 10.8 Å². The maximum Gasteiger partial charge on any atom is 0.303 e. The molecule has 1 saturated heterocycles. The Balaban J connectivity index is 1.91. The number of rotatable bonds is 5. The van der Waals surface area contributed by atoms with Gasteiger partial charge in [0, 0.05) is 26.1 Å². The van der Waals surface area contributed by atoms with Gasteiger partial charge in [0.1, 0.15) is 0 Å². The number of aliphatic carboxylic acids is 1. The third-order valence-corrected chi connectivity index (χ3v) is 4.99. The molecule has 0 spiro atoms. The highest BCUT2D eigenvalue weighted by Gasteiger charge is 2.42. The Bertz CT molecular complexity index is 364. The second-order valence-corrected chi connectivity index (χ2v) is 6.38. The average Bonchev–Trinajstić information content (AvgIpc) is 2.94. The normalized spacial score (nSPS) is 25.6. The van der Waals surface area contributed by atoms with Crippen LogP contribution in [0.4, 0.5) is 0 Å². The van der Waals surface area contributed by atoms with E-state index in [1.165, 1.54) is 6.42 Å². The number of hydrogen-bond acceptors (Lipinski definition) is 3. The fourth-order valence-electron chi connectivity index (χ4n) is 3.65. The number of nitrogens with zero attached hydrogens (tertiary/aromatic N) is 1. The second kappa shape index (κ2) is 6.57. The monoisotopic (exact) mass is 282 g/mol. The van der Waals surface area contributed by atoms with Crippen LogP contribution in [-0.2, 0) is 9.59 Å². The molecule has 2 fully saturated rings. The van der Waals surface area contributed by atoms with E-state index in [9.17, 15) is 9.59 Å². The molecule has 1 aliphatic carbocycles. The first-order valence-corrected chi connectivity index (χ1v) is 7.79. The largest absolute Gasteiger partial charge is 0.481 e. The van der Waals surface area contributed by atoms with Gasteiger partial charge >= 0.3 is 5.97 Å². The zero-order chi connectivity index (χ0) is 14.6. The van der Waals surface area contributed by atoms with E-state index >= 15 is 0 Å². The van der Waals surface area contributed by atoms with Crippen LogP contribution in [-0.4, -0.2) is 41.5 Å². The Morgan fingerprint density at radius 3 is 2.55 bits per heavy atom. The van der Waals surface area contributed by atoms with Gasteiger partial charge in [-0.05, 0) is 31.6 Å². The number of likely N-dealkylation sites (tertiary alicyclic amines) is 1. The topological polar surface area (TPSA) is 83.6 Å². The maximum atomic E-state index is 12.8. The van der Waals surface area contributed by atoms with Crippen molar-refractivity contribution in [1.29, 1.82) is 0 Å². The minimum atomic E-state index is -0.750. The van der Waals surface area contributed by atoms with Crippen LogP contribution in [0, 0.1) is 11.3 Å². The molecule has 0 radical (unpaired) electrons. The van der Waals surface area contributed by atoms with Crippen molar-refractivity contribution in [3.63, 3.8) is 0 Å². The third kappa shape index (κ3) is 3.32. The molecular formula is C15H26N2O3. The van der Waals surface area contributed by atoms with Gasteiger partial charge in [-0.2, -0.15) is 0 Å². The number of carboxylic acid groups (broad SMARTS) is 1. The summed E-state index contributed by atoms with van der Waals surface area (Å²) in [7, 11) is 0. The zero-order valence-electron chi connectivity index (χ0n) is 12.1. The lowest BCUT2D eigenvalue weighted by Gasteiger charge is -2.37. The van der Waals surface area contributed by atoms with E-state index in [0.717, 1.165) is 38.6 Å². The Morgan fingerprint density at radius 2 is 1.95 bits per heavy atom. The summed E-state index contributed by atoms with van der Waals surface area (Å²) < 4.78 is 0. The van der Waals surface area contributed by atoms with Gasteiger partial charge in [0.25, 0.3) is 0 Å². The summed E-state index contributed by atoms with van der Waals surface area (Å²) in [6.45, 7) is 1.93. The Kier molecular flexibility index (Phi) is 5.02. The van der Waals surface area contributed by atoms with E-state index in [1.807, 2.05) is 4.90 Å². The van der Waals surface area contributed by atoms with Crippen LogP contribution >= 0.6 is 0 Å². The van der Waals surface area contributed by atoms with Crippen LogP contribution in [0.25, 0.3) is 0 Å². The molecule has 0 aromatic rings. The summed E-state index contributed by atoms with van der Waals surface area (Å²) >= 11 is 0. The smallest absolute Gasteiger partial charge is 0.303 e. The highest BCUT2D eigenvalue weighted by Crippen LogP contribution is 2.38. The molecule has 20 heavy (non-hydrogen) atoms. The van der Waals surface area contributed by atoms with Gasteiger partial charge in [0.15, 0.2) is 0 Å². The summed E-state index contributed by atoms with van der Waals surface area (Å²) in [5, 5.41) is 8.73. The number of carboxylic acids is 1. The van der Waals surface area contributed by atoms with Crippen molar-refractivity contribution in [2.75, 3.05) is 19.6 Å². The SMILES string of the molecule is NCC1(C(=O)N2CCC(CCC(=O)O)C2)CCCCC1. The van der Waals surface area contributed by atoms with E-state index < -0.39 is 5.97 Å². The number of carbonyl (C=O) groups is 2. The van der Waals surface area contributed by atoms with E-state index in [2.05, 4.69) is 0 Å². The molecule has 1 aliphatic heterocycles. The van der Waals surface area contributed by atoms with E-state index in [0.29, 0.717) is 25.4 Å². The van der Waals surface area contributed by atoms with Crippen LogP contribution in [0.5, 0.6) is 0 Å². The summed E-state index contributed by atoms with van der Waals surface area (Å²) in [4.78, 5) is 25.3. The lowest BCUT2D eigenvalue weighted by molar-refractivity contribution is -0.142. The van der Waals surface area contributed by atoms with Crippen LogP contribution in [0.2, 0.25) is 0 Å². The Labute approximate surface area is 120 Å². The van der Waals surface area contributed by atoms with Crippen molar-refractivity contribution in [2.24, 2.45) is 17.1 Å². The van der Waals surface area contributed by atoms with Gasteiger partial charge < -0.3 is 15.7 Å². The van der Waals surface area contributed by atoms with Crippen molar-refractivity contribution >= 4 is 11.9 Å². The molecule has 1 saturated carbocycles. The van der Waals surface area contributed by atoms with Crippen molar-refractivity contribution in [3.05, 3.63) is 0 Å². The summed E-state index contributed by atoms with van der Waals surface area (Å²) in [5.41, 5.74) is 5.58. The minimum Gasteiger partial charge on any atom is -0.481 e. The maximum absolute atomic E-state index is 12.8. The number of nitrogens with two attached hydrogens (primary N) is 1. The molecule has 1 amide bonds. The van der Waals surface area contributed by atoms with Gasteiger partial charge in [-0.3, -0.25) is 9.59 Å². The predicted octanol–water partition coefficient (Wildman–Crippen LogP) is 1.61. The molecule has 5 nitrogen and oxygen atoms in total. The lowest BCUT2D eigenvalue weighted by atomic mass is 9.73. The number of carbonyl (C=O) groups excluding carboxylic acids is 1. The Morgan fingerprint density at radius 1 is 1.25 bits per heavy atom. The average molecular weight is 282 g/mol. The molecule has 1 heterocycles. The van der Waals surface area contributed by atoms with Gasteiger partial charge in [-0.15, -0.1) is 0 Å². The molecule has 114 valence electrons. The Hall–Kier alpha value is -1.10. The molecule has 0 aromatic carbocycles. The summed E-state index contributed by atoms with van der Waals surface area (Å²) in [6.07, 6.45) is 7.04. The molecule has 2 aliphatic rings. The van der Waals surface area contributed by atoms with Crippen LogP contribution < -0.4 is 5.73 Å². The first-order chi connectivity index (χ1) is 9.57.